The van der Waals surface area contributed by atoms with Crippen molar-refractivity contribution >= 4 is 5.78 Å². The topological polar surface area (TPSA) is 52.1 Å². The molecule has 2 rings (SSSR count). The number of ketones is 1. The van der Waals surface area contributed by atoms with E-state index in [1.165, 1.54) is 12.7 Å². The second-order valence-electron chi connectivity index (χ2n) is 5.98. The van der Waals surface area contributed by atoms with Crippen molar-refractivity contribution in [2.24, 2.45) is 11.3 Å². The van der Waals surface area contributed by atoms with Gasteiger partial charge in [-0.25, -0.2) is 9.97 Å². The molecule has 0 amide bonds. The average molecular weight is 262 g/mol. The number of rotatable bonds is 4. The molecule has 1 aliphatic carbocycles. The molecule has 1 aromatic heterocycles. The quantitative estimate of drug-likeness (QED) is 0.837. The van der Waals surface area contributed by atoms with Gasteiger partial charge in [0, 0.05) is 18.4 Å². The number of hydrogen-bond donors (Lipinski definition) is 0. The summed E-state index contributed by atoms with van der Waals surface area (Å²) in [7, 11) is 1.57. The zero-order valence-corrected chi connectivity index (χ0v) is 12.0. The van der Waals surface area contributed by atoms with E-state index in [1.807, 2.05) is 0 Å². The van der Waals surface area contributed by atoms with Gasteiger partial charge in [-0.15, -0.1) is 0 Å². The van der Waals surface area contributed by atoms with Crippen molar-refractivity contribution in [2.75, 3.05) is 7.11 Å². The number of methoxy groups -OCH3 is 1. The first-order valence-corrected chi connectivity index (χ1v) is 6.90. The maximum atomic E-state index is 12.5. The van der Waals surface area contributed by atoms with Gasteiger partial charge in [-0.2, -0.15) is 0 Å². The van der Waals surface area contributed by atoms with E-state index < -0.39 is 0 Å². The Labute approximate surface area is 114 Å². The Hall–Kier alpha value is -1.45. The van der Waals surface area contributed by atoms with Crippen LogP contribution in [0, 0.1) is 11.3 Å². The molecule has 0 radical (unpaired) electrons. The molecule has 1 saturated carbocycles. The molecule has 0 saturated heterocycles. The summed E-state index contributed by atoms with van der Waals surface area (Å²) in [5, 5.41) is 0. The maximum absolute atomic E-state index is 12.5. The van der Waals surface area contributed by atoms with E-state index in [0.717, 1.165) is 25.0 Å². The highest BCUT2D eigenvalue weighted by Crippen LogP contribution is 2.41. The molecule has 4 heteroatoms. The predicted molar refractivity (Wildman–Crippen MR) is 73.0 cm³/mol. The molecule has 1 aromatic rings. The Morgan fingerprint density at radius 2 is 2.21 bits per heavy atom. The van der Waals surface area contributed by atoms with Gasteiger partial charge in [-0.3, -0.25) is 4.79 Å². The first kappa shape index (κ1) is 14.0. The summed E-state index contributed by atoms with van der Waals surface area (Å²) in [5.41, 5.74) is 0.866. The van der Waals surface area contributed by atoms with Crippen LogP contribution < -0.4 is 4.74 Å². The van der Waals surface area contributed by atoms with Gasteiger partial charge in [0.15, 0.2) is 0 Å². The van der Waals surface area contributed by atoms with E-state index in [9.17, 15) is 4.79 Å². The lowest BCUT2D eigenvalue weighted by Gasteiger charge is -2.37. The normalized spacial score (nSPS) is 21.9. The Morgan fingerprint density at radius 3 is 2.89 bits per heavy atom. The SMILES string of the molecule is COc1cc(CC(=O)C2CCCCC2(C)C)ncn1. The zero-order chi connectivity index (χ0) is 13.9. The van der Waals surface area contributed by atoms with E-state index in [4.69, 9.17) is 4.74 Å². The monoisotopic (exact) mass is 262 g/mol. The highest BCUT2D eigenvalue weighted by molar-refractivity contribution is 5.83. The Kier molecular flexibility index (Phi) is 4.17. The van der Waals surface area contributed by atoms with Gasteiger partial charge in [-0.05, 0) is 18.3 Å². The molecule has 104 valence electrons. The van der Waals surface area contributed by atoms with Crippen molar-refractivity contribution in [2.45, 2.75) is 46.0 Å². The van der Waals surface area contributed by atoms with Crippen molar-refractivity contribution in [1.82, 2.24) is 9.97 Å². The number of ether oxygens (including phenoxy) is 1. The van der Waals surface area contributed by atoms with Gasteiger partial charge in [0.1, 0.15) is 12.1 Å². The largest absolute Gasteiger partial charge is 0.481 e. The Balaban J connectivity index is 2.07. The number of Topliss-reactive ketones (excluding diaryl/α,β-unsaturated/α-hetero) is 1. The molecule has 1 heterocycles. The fraction of sp³-hybridized carbons (Fsp3) is 0.667. The number of carbonyl (C=O) groups is 1. The van der Waals surface area contributed by atoms with Crippen molar-refractivity contribution in [3.63, 3.8) is 0 Å². The third kappa shape index (κ3) is 3.31. The van der Waals surface area contributed by atoms with E-state index in [1.54, 1.807) is 13.2 Å². The lowest BCUT2D eigenvalue weighted by molar-refractivity contribution is -0.127. The number of hydrogen-bond acceptors (Lipinski definition) is 4. The van der Waals surface area contributed by atoms with Crippen molar-refractivity contribution in [3.8, 4) is 5.88 Å². The molecule has 0 bridgehead atoms. The van der Waals surface area contributed by atoms with Crippen molar-refractivity contribution in [1.29, 1.82) is 0 Å². The predicted octanol–water partition coefficient (Wildman–Crippen LogP) is 2.81. The molecule has 19 heavy (non-hydrogen) atoms. The molecule has 4 nitrogen and oxygen atoms in total. The van der Waals surface area contributed by atoms with Crippen LogP contribution in [0.4, 0.5) is 0 Å². The lowest BCUT2D eigenvalue weighted by atomic mass is 9.66. The molecular formula is C15H22N2O2. The first-order chi connectivity index (χ1) is 9.03. The van der Waals surface area contributed by atoms with E-state index in [2.05, 4.69) is 23.8 Å². The van der Waals surface area contributed by atoms with Crippen LogP contribution in [0.2, 0.25) is 0 Å². The Morgan fingerprint density at radius 1 is 1.42 bits per heavy atom. The molecule has 0 N–H and O–H groups in total. The fourth-order valence-corrected chi connectivity index (χ4v) is 2.98. The molecule has 0 spiro atoms. The lowest BCUT2D eigenvalue weighted by Crippen LogP contribution is -2.35. The summed E-state index contributed by atoms with van der Waals surface area (Å²) in [5.74, 6) is 0.966. The van der Waals surface area contributed by atoms with Crippen LogP contribution in [0.3, 0.4) is 0 Å². The number of nitrogens with zero attached hydrogens (tertiary/aromatic N) is 2. The second kappa shape index (κ2) is 5.68. The van der Waals surface area contributed by atoms with Gasteiger partial charge in [0.2, 0.25) is 5.88 Å². The molecular weight excluding hydrogens is 240 g/mol. The highest BCUT2D eigenvalue weighted by Gasteiger charge is 2.36. The van der Waals surface area contributed by atoms with Gasteiger partial charge in [0.25, 0.3) is 0 Å². The third-order valence-corrected chi connectivity index (χ3v) is 4.16. The van der Waals surface area contributed by atoms with Gasteiger partial charge >= 0.3 is 0 Å². The van der Waals surface area contributed by atoms with Crippen LogP contribution in [0.1, 0.15) is 45.2 Å². The highest BCUT2D eigenvalue weighted by atomic mass is 16.5. The second-order valence-corrected chi connectivity index (χ2v) is 5.98. The summed E-state index contributed by atoms with van der Waals surface area (Å²) in [6, 6.07) is 1.74. The maximum Gasteiger partial charge on any atom is 0.216 e. The van der Waals surface area contributed by atoms with Crippen molar-refractivity contribution < 1.29 is 9.53 Å². The van der Waals surface area contributed by atoms with Crippen LogP contribution >= 0.6 is 0 Å². The van der Waals surface area contributed by atoms with E-state index in [-0.39, 0.29) is 11.3 Å². The summed E-state index contributed by atoms with van der Waals surface area (Å²) >= 11 is 0. The first-order valence-electron chi connectivity index (χ1n) is 6.90. The molecule has 1 atom stereocenters. The average Bonchev–Trinajstić information content (AvgIpc) is 2.38. The van der Waals surface area contributed by atoms with Crippen LogP contribution in [0.5, 0.6) is 5.88 Å². The van der Waals surface area contributed by atoms with Gasteiger partial charge in [0.05, 0.1) is 12.8 Å². The summed E-state index contributed by atoms with van der Waals surface area (Å²) in [6.07, 6.45) is 6.37. The van der Waals surface area contributed by atoms with Crippen LogP contribution in [0.15, 0.2) is 12.4 Å². The Bertz CT molecular complexity index is 457. The molecule has 1 aliphatic rings. The van der Waals surface area contributed by atoms with E-state index >= 15 is 0 Å². The summed E-state index contributed by atoms with van der Waals surface area (Å²) in [4.78, 5) is 20.6. The molecule has 1 fully saturated rings. The van der Waals surface area contributed by atoms with Crippen LogP contribution in [0.25, 0.3) is 0 Å². The van der Waals surface area contributed by atoms with E-state index in [0.29, 0.717) is 18.1 Å². The number of carbonyl (C=O) groups excluding carboxylic acids is 1. The minimum atomic E-state index is 0.118. The molecule has 1 unspecified atom stereocenters. The minimum absolute atomic E-state index is 0.118. The van der Waals surface area contributed by atoms with Crippen LogP contribution in [-0.2, 0) is 11.2 Å². The molecule has 0 aliphatic heterocycles. The van der Waals surface area contributed by atoms with Gasteiger partial charge in [-0.1, -0.05) is 26.7 Å². The van der Waals surface area contributed by atoms with Crippen LogP contribution in [-0.4, -0.2) is 22.9 Å². The summed E-state index contributed by atoms with van der Waals surface area (Å²) in [6.45, 7) is 4.41. The fourth-order valence-electron chi connectivity index (χ4n) is 2.98. The number of aromatic nitrogens is 2. The van der Waals surface area contributed by atoms with Crippen molar-refractivity contribution in [3.05, 3.63) is 18.1 Å². The smallest absolute Gasteiger partial charge is 0.216 e. The van der Waals surface area contributed by atoms with Gasteiger partial charge < -0.3 is 4.74 Å². The summed E-state index contributed by atoms with van der Waals surface area (Å²) < 4.78 is 5.06. The third-order valence-electron chi connectivity index (χ3n) is 4.16. The minimum Gasteiger partial charge on any atom is -0.481 e. The molecule has 0 aromatic carbocycles. The standard InChI is InChI=1S/C15H22N2O2/c1-15(2)7-5-4-6-12(15)13(18)8-11-9-14(19-3)17-10-16-11/h9-10,12H,4-8H2,1-3H3. The zero-order valence-electron chi connectivity index (χ0n) is 12.0.